The van der Waals surface area contributed by atoms with Crippen molar-refractivity contribution in [1.29, 1.82) is 0 Å². The van der Waals surface area contributed by atoms with Crippen molar-refractivity contribution in [3.63, 3.8) is 0 Å². The minimum atomic E-state index is 0.149. The van der Waals surface area contributed by atoms with Gasteiger partial charge >= 0.3 is 0 Å². The average Bonchev–Trinajstić information content (AvgIpc) is 2.65. The molecule has 0 bridgehead atoms. The smallest absolute Gasteiger partial charge is 0.138 e. The van der Waals surface area contributed by atoms with E-state index in [9.17, 15) is 0 Å². The van der Waals surface area contributed by atoms with Crippen molar-refractivity contribution >= 4 is 11.6 Å². The lowest BCUT2D eigenvalue weighted by Crippen LogP contribution is -2.24. The van der Waals surface area contributed by atoms with Gasteiger partial charge in [0.15, 0.2) is 0 Å². The SMILES string of the molecule is CCCC(C)(CCl)Cc1ncnn1CC. The van der Waals surface area contributed by atoms with Crippen LogP contribution in [0.1, 0.15) is 39.4 Å². The van der Waals surface area contributed by atoms with Crippen LogP contribution in [-0.4, -0.2) is 20.6 Å². The minimum Gasteiger partial charge on any atom is -0.250 e. The Balaban J connectivity index is 2.74. The fraction of sp³-hybridized carbons (Fsp3) is 0.818. The van der Waals surface area contributed by atoms with E-state index in [-0.39, 0.29) is 5.41 Å². The first-order valence-corrected chi connectivity index (χ1v) is 6.11. The lowest BCUT2D eigenvalue weighted by Gasteiger charge is -2.26. The number of aromatic nitrogens is 3. The van der Waals surface area contributed by atoms with E-state index in [2.05, 4.69) is 30.9 Å². The summed E-state index contributed by atoms with van der Waals surface area (Å²) in [5.41, 5.74) is 0.149. The molecule has 1 atom stereocenters. The molecule has 15 heavy (non-hydrogen) atoms. The zero-order valence-corrected chi connectivity index (χ0v) is 10.6. The van der Waals surface area contributed by atoms with Crippen molar-refractivity contribution in [2.45, 2.75) is 46.6 Å². The van der Waals surface area contributed by atoms with Gasteiger partial charge in [-0.25, -0.2) is 4.98 Å². The third-order valence-corrected chi connectivity index (χ3v) is 3.40. The third kappa shape index (κ3) is 3.20. The molecule has 0 saturated heterocycles. The zero-order valence-electron chi connectivity index (χ0n) is 9.83. The van der Waals surface area contributed by atoms with Gasteiger partial charge in [-0.15, -0.1) is 11.6 Å². The Morgan fingerprint density at radius 2 is 2.20 bits per heavy atom. The molecular weight excluding hydrogens is 210 g/mol. The molecule has 0 aromatic carbocycles. The maximum Gasteiger partial charge on any atom is 0.138 e. The Labute approximate surface area is 96.8 Å². The summed E-state index contributed by atoms with van der Waals surface area (Å²) in [6.45, 7) is 7.36. The van der Waals surface area contributed by atoms with Crippen LogP contribution in [0.4, 0.5) is 0 Å². The van der Waals surface area contributed by atoms with Gasteiger partial charge in [0.25, 0.3) is 0 Å². The number of alkyl halides is 1. The molecule has 0 aliphatic rings. The van der Waals surface area contributed by atoms with Crippen LogP contribution in [0.3, 0.4) is 0 Å². The van der Waals surface area contributed by atoms with Crippen LogP contribution in [0.15, 0.2) is 6.33 Å². The summed E-state index contributed by atoms with van der Waals surface area (Å²) >= 11 is 6.04. The normalized spacial score (nSPS) is 15.2. The predicted octanol–water partition coefficient (Wildman–Crippen LogP) is 2.89. The Morgan fingerprint density at radius 1 is 1.47 bits per heavy atom. The van der Waals surface area contributed by atoms with Gasteiger partial charge in [0.2, 0.25) is 0 Å². The van der Waals surface area contributed by atoms with Gasteiger partial charge in [-0.1, -0.05) is 20.3 Å². The van der Waals surface area contributed by atoms with Gasteiger partial charge in [0.05, 0.1) is 0 Å². The first-order chi connectivity index (χ1) is 7.15. The van der Waals surface area contributed by atoms with Crippen molar-refractivity contribution in [2.75, 3.05) is 5.88 Å². The van der Waals surface area contributed by atoms with E-state index in [0.29, 0.717) is 5.88 Å². The molecule has 0 saturated carbocycles. The van der Waals surface area contributed by atoms with Gasteiger partial charge in [0.1, 0.15) is 12.2 Å². The standard InChI is InChI=1S/C11H20ClN3/c1-4-6-11(3,8-12)7-10-13-9-14-15(10)5-2/h9H,4-8H2,1-3H3. The first-order valence-electron chi connectivity index (χ1n) is 5.58. The molecule has 0 aliphatic heterocycles. The molecular formula is C11H20ClN3. The van der Waals surface area contributed by atoms with Crippen LogP contribution >= 0.6 is 11.6 Å². The number of hydrogen-bond donors (Lipinski definition) is 0. The second-order valence-corrected chi connectivity index (χ2v) is 4.63. The van der Waals surface area contributed by atoms with Crippen LogP contribution in [0.2, 0.25) is 0 Å². The Morgan fingerprint density at radius 3 is 2.73 bits per heavy atom. The monoisotopic (exact) mass is 229 g/mol. The highest BCUT2D eigenvalue weighted by molar-refractivity contribution is 6.18. The highest BCUT2D eigenvalue weighted by atomic mass is 35.5. The molecule has 1 aromatic heterocycles. The van der Waals surface area contributed by atoms with E-state index in [1.165, 1.54) is 0 Å². The first kappa shape index (κ1) is 12.5. The van der Waals surface area contributed by atoms with Crippen LogP contribution in [-0.2, 0) is 13.0 Å². The molecule has 1 aromatic rings. The molecule has 1 unspecified atom stereocenters. The van der Waals surface area contributed by atoms with E-state index in [4.69, 9.17) is 11.6 Å². The number of halogens is 1. The topological polar surface area (TPSA) is 30.7 Å². The number of nitrogens with zero attached hydrogens (tertiary/aromatic N) is 3. The van der Waals surface area contributed by atoms with Gasteiger partial charge in [-0.05, 0) is 18.8 Å². The lowest BCUT2D eigenvalue weighted by molar-refractivity contribution is 0.321. The van der Waals surface area contributed by atoms with Gasteiger partial charge < -0.3 is 0 Å². The highest BCUT2D eigenvalue weighted by Crippen LogP contribution is 2.28. The Kier molecular flexibility index (Phi) is 4.58. The fourth-order valence-corrected chi connectivity index (χ4v) is 2.10. The average molecular weight is 230 g/mol. The van der Waals surface area contributed by atoms with Crippen LogP contribution in [0, 0.1) is 5.41 Å². The number of rotatable bonds is 6. The van der Waals surface area contributed by atoms with Gasteiger partial charge in [0, 0.05) is 18.8 Å². The Hall–Kier alpha value is -0.570. The van der Waals surface area contributed by atoms with Crippen molar-refractivity contribution in [1.82, 2.24) is 14.8 Å². The Bertz CT molecular complexity index is 298. The molecule has 1 heterocycles. The predicted molar refractivity (Wildman–Crippen MR) is 63.1 cm³/mol. The second-order valence-electron chi connectivity index (χ2n) is 4.36. The highest BCUT2D eigenvalue weighted by Gasteiger charge is 2.24. The molecule has 0 aliphatic carbocycles. The number of aryl methyl sites for hydroxylation is 1. The van der Waals surface area contributed by atoms with E-state index < -0.39 is 0 Å². The minimum absolute atomic E-state index is 0.149. The summed E-state index contributed by atoms with van der Waals surface area (Å²) in [7, 11) is 0. The molecule has 1 rings (SSSR count). The molecule has 0 fully saturated rings. The summed E-state index contributed by atoms with van der Waals surface area (Å²) in [5, 5.41) is 4.18. The zero-order chi connectivity index (χ0) is 11.3. The van der Waals surface area contributed by atoms with Crippen LogP contribution < -0.4 is 0 Å². The van der Waals surface area contributed by atoms with Gasteiger partial charge in [-0.3, -0.25) is 4.68 Å². The van der Waals surface area contributed by atoms with Crippen molar-refractivity contribution < 1.29 is 0 Å². The summed E-state index contributed by atoms with van der Waals surface area (Å²) in [4.78, 5) is 4.30. The second kappa shape index (κ2) is 5.50. The van der Waals surface area contributed by atoms with E-state index in [0.717, 1.165) is 31.6 Å². The summed E-state index contributed by atoms with van der Waals surface area (Å²) in [6, 6.07) is 0. The molecule has 4 heteroatoms. The van der Waals surface area contributed by atoms with E-state index >= 15 is 0 Å². The maximum atomic E-state index is 6.04. The summed E-state index contributed by atoms with van der Waals surface area (Å²) < 4.78 is 1.94. The molecule has 0 radical (unpaired) electrons. The molecule has 3 nitrogen and oxygen atoms in total. The molecule has 0 amide bonds. The summed E-state index contributed by atoms with van der Waals surface area (Å²) in [5.74, 6) is 1.73. The van der Waals surface area contributed by atoms with Gasteiger partial charge in [-0.2, -0.15) is 5.10 Å². The number of hydrogen-bond acceptors (Lipinski definition) is 2. The quantitative estimate of drug-likeness (QED) is 0.703. The van der Waals surface area contributed by atoms with E-state index in [1.54, 1.807) is 6.33 Å². The van der Waals surface area contributed by atoms with Crippen molar-refractivity contribution in [2.24, 2.45) is 5.41 Å². The van der Waals surface area contributed by atoms with Crippen molar-refractivity contribution in [3.8, 4) is 0 Å². The maximum absolute atomic E-state index is 6.04. The van der Waals surface area contributed by atoms with Crippen molar-refractivity contribution in [3.05, 3.63) is 12.2 Å². The molecule has 0 N–H and O–H groups in total. The molecule has 86 valence electrons. The lowest BCUT2D eigenvalue weighted by atomic mass is 9.84. The largest absolute Gasteiger partial charge is 0.250 e. The fourth-order valence-electron chi connectivity index (χ4n) is 1.88. The van der Waals surface area contributed by atoms with Crippen LogP contribution in [0.5, 0.6) is 0 Å². The van der Waals surface area contributed by atoms with E-state index in [1.807, 2.05) is 4.68 Å². The third-order valence-electron chi connectivity index (χ3n) is 2.76. The summed E-state index contributed by atoms with van der Waals surface area (Å²) in [6.07, 6.45) is 4.83. The molecule has 0 spiro atoms. The van der Waals surface area contributed by atoms with Crippen LogP contribution in [0.25, 0.3) is 0 Å².